The van der Waals surface area contributed by atoms with Crippen LogP contribution in [0.3, 0.4) is 0 Å². The van der Waals surface area contributed by atoms with Gasteiger partial charge in [-0.1, -0.05) is 29.3 Å². The van der Waals surface area contributed by atoms with Gasteiger partial charge >= 0.3 is 12.1 Å². The van der Waals surface area contributed by atoms with Gasteiger partial charge in [-0.25, -0.2) is 8.42 Å². The Kier molecular flexibility index (Phi) is 5.48. The summed E-state index contributed by atoms with van der Waals surface area (Å²) in [6, 6.07) is 0.601. The van der Waals surface area contributed by atoms with Crippen LogP contribution in [0.1, 0.15) is 6.42 Å². The van der Waals surface area contributed by atoms with E-state index in [1.165, 1.54) is 16.9 Å². The van der Waals surface area contributed by atoms with Crippen LogP contribution < -0.4 is 4.72 Å². The average molecular weight is 366 g/mol. The molecule has 118 valence electrons. The van der Waals surface area contributed by atoms with Crippen molar-refractivity contribution in [3.8, 4) is 0 Å². The SMILES string of the molecule is O=C(O)C[C@@H](NS(=O)(=O)c1cccc(Cl)c1Cl)C(F)(F)F. The van der Waals surface area contributed by atoms with Crippen molar-refractivity contribution in [1.29, 1.82) is 0 Å². The molecule has 0 aromatic heterocycles. The van der Waals surface area contributed by atoms with Gasteiger partial charge in [0.05, 0.1) is 16.5 Å². The lowest BCUT2D eigenvalue weighted by molar-refractivity contribution is -0.163. The number of benzene rings is 1. The van der Waals surface area contributed by atoms with Crippen LogP contribution in [0, 0.1) is 0 Å². The second-order valence-electron chi connectivity index (χ2n) is 3.87. The molecule has 1 aromatic rings. The van der Waals surface area contributed by atoms with Gasteiger partial charge in [-0.2, -0.15) is 17.9 Å². The number of carboxylic acids is 1. The lowest BCUT2D eigenvalue weighted by Crippen LogP contribution is -2.46. The van der Waals surface area contributed by atoms with E-state index < -0.39 is 44.5 Å². The third-order valence-corrected chi connectivity index (χ3v) is 4.72. The normalized spacial score (nSPS) is 14.0. The monoisotopic (exact) mass is 365 g/mol. The molecule has 2 N–H and O–H groups in total. The van der Waals surface area contributed by atoms with E-state index in [1.54, 1.807) is 0 Å². The average Bonchev–Trinajstić information content (AvgIpc) is 2.29. The standard InChI is InChI=1S/C10H8Cl2F3NO4S/c11-5-2-1-3-6(9(5)12)21(19,20)16-7(4-8(17)18)10(13,14)15/h1-3,7,16H,4H2,(H,17,18)/t7-/m1/s1. The molecule has 0 aliphatic rings. The Labute approximate surface area is 127 Å². The molecule has 5 nitrogen and oxygen atoms in total. The van der Waals surface area contributed by atoms with E-state index in [9.17, 15) is 26.4 Å². The zero-order chi connectivity index (χ0) is 16.4. The topological polar surface area (TPSA) is 83.5 Å². The Morgan fingerprint density at radius 2 is 1.90 bits per heavy atom. The van der Waals surface area contributed by atoms with Gasteiger partial charge in [0.2, 0.25) is 10.0 Å². The first-order chi connectivity index (χ1) is 9.45. The summed E-state index contributed by atoms with van der Waals surface area (Å²) >= 11 is 11.2. The first-order valence-corrected chi connectivity index (χ1v) is 7.44. The second-order valence-corrected chi connectivity index (χ2v) is 6.33. The third-order valence-electron chi connectivity index (χ3n) is 2.28. The number of hydrogen-bond donors (Lipinski definition) is 2. The van der Waals surface area contributed by atoms with Gasteiger partial charge in [-0.3, -0.25) is 4.79 Å². The highest BCUT2D eigenvalue weighted by molar-refractivity contribution is 7.89. The van der Waals surface area contributed by atoms with Crippen LogP contribution >= 0.6 is 23.2 Å². The molecular weight excluding hydrogens is 358 g/mol. The number of carbonyl (C=O) groups is 1. The smallest absolute Gasteiger partial charge is 0.405 e. The van der Waals surface area contributed by atoms with E-state index in [2.05, 4.69) is 0 Å². The van der Waals surface area contributed by atoms with Gasteiger partial charge in [-0.15, -0.1) is 0 Å². The molecule has 0 bridgehead atoms. The van der Waals surface area contributed by atoms with E-state index in [1.807, 2.05) is 0 Å². The van der Waals surface area contributed by atoms with Crippen LogP contribution in [0.15, 0.2) is 23.1 Å². The number of aliphatic carboxylic acids is 1. The first-order valence-electron chi connectivity index (χ1n) is 5.20. The van der Waals surface area contributed by atoms with E-state index in [-0.39, 0.29) is 5.02 Å². The highest BCUT2D eigenvalue weighted by atomic mass is 35.5. The minimum atomic E-state index is -5.07. The molecule has 0 saturated carbocycles. The fourth-order valence-corrected chi connectivity index (χ4v) is 3.32. The number of rotatable bonds is 5. The third kappa shape index (κ3) is 4.73. The van der Waals surface area contributed by atoms with Crippen LogP contribution in [-0.2, 0) is 14.8 Å². The molecule has 21 heavy (non-hydrogen) atoms. The molecule has 1 atom stereocenters. The van der Waals surface area contributed by atoms with Gasteiger partial charge < -0.3 is 5.11 Å². The summed E-state index contributed by atoms with van der Waals surface area (Å²) in [6.45, 7) is 0. The molecule has 11 heteroatoms. The molecule has 0 saturated heterocycles. The summed E-state index contributed by atoms with van der Waals surface area (Å²) in [5, 5.41) is 7.81. The van der Waals surface area contributed by atoms with E-state index in [0.717, 1.165) is 6.07 Å². The maximum absolute atomic E-state index is 12.7. The summed E-state index contributed by atoms with van der Waals surface area (Å²) < 4.78 is 63.0. The molecule has 0 fully saturated rings. The number of carboxylic acid groups (broad SMARTS) is 1. The predicted molar refractivity (Wildman–Crippen MR) is 68.9 cm³/mol. The van der Waals surface area contributed by atoms with Crippen molar-refractivity contribution in [2.75, 3.05) is 0 Å². The van der Waals surface area contributed by atoms with E-state index in [4.69, 9.17) is 28.3 Å². The maximum Gasteiger partial charge on any atom is 0.405 e. The van der Waals surface area contributed by atoms with Crippen molar-refractivity contribution in [3.63, 3.8) is 0 Å². The van der Waals surface area contributed by atoms with Gasteiger partial charge in [0.15, 0.2) is 0 Å². The Bertz CT molecular complexity index is 648. The number of nitrogens with one attached hydrogen (secondary N) is 1. The van der Waals surface area contributed by atoms with Crippen molar-refractivity contribution in [2.45, 2.75) is 23.5 Å². The highest BCUT2D eigenvalue weighted by Crippen LogP contribution is 2.30. The van der Waals surface area contributed by atoms with Crippen molar-refractivity contribution in [2.24, 2.45) is 0 Å². The number of hydrogen-bond acceptors (Lipinski definition) is 3. The summed E-state index contributed by atoms with van der Waals surface area (Å²) in [7, 11) is -4.69. The van der Waals surface area contributed by atoms with Crippen LogP contribution in [0.5, 0.6) is 0 Å². The number of alkyl halides is 3. The molecule has 0 unspecified atom stereocenters. The van der Waals surface area contributed by atoms with Crippen molar-refractivity contribution in [3.05, 3.63) is 28.2 Å². The van der Waals surface area contributed by atoms with Gasteiger partial charge in [0.1, 0.15) is 10.9 Å². The molecule has 0 heterocycles. The van der Waals surface area contributed by atoms with Crippen LogP contribution in [0.4, 0.5) is 13.2 Å². The van der Waals surface area contributed by atoms with E-state index >= 15 is 0 Å². The molecule has 0 spiro atoms. The number of halogens is 5. The largest absolute Gasteiger partial charge is 0.481 e. The predicted octanol–water partition coefficient (Wildman–Crippen LogP) is 2.68. The minimum absolute atomic E-state index is 0.165. The van der Waals surface area contributed by atoms with Crippen LogP contribution in [-0.4, -0.2) is 31.7 Å². The molecule has 0 aliphatic heterocycles. The lowest BCUT2D eigenvalue weighted by Gasteiger charge is -2.20. The van der Waals surface area contributed by atoms with Crippen molar-refractivity contribution in [1.82, 2.24) is 4.72 Å². The quantitative estimate of drug-likeness (QED) is 0.840. The summed E-state index contributed by atoms with van der Waals surface area (Å²) in [5.41, 5.74) is 0. The Morgan fingerprint density at radius 1 is 1.33 bits per heavy atom. The fraction of sp³-hybridized carbons (Fsp3) is 0.300. The minimum Gasteiger partial charge on any atom is -0.481 e. The van der Waals surface area contributed by atoms with E-state index in [0.29, 0.717) is 0 Å². The Morgan fingerprint density at radius 3 is 2.38 bits per heavy atom. The lowest BCUT2D eigenvalue weighted by atomic mass is 10.2. The molecule has 0 aliphatic carbocycles. The van der Waals surface area contributed by atoms with Crippen LogP contribution in [0.2, 0.25) is 10.0 Å². The molecule has 1 rings (SSSR count). The molecule has 0 amide bonds. The van der Waals surface area contributed by atoms with Crippen molar-refractivity contribution >= 4 is 39.2 Å². The van der Waals surface area contributed by atoms with Gasteiger partial charge in [0, 0.05) is 0 Å². The maximum atomic E-state index is 12.7. The Balaban J connectivity index is 3.18. The first kappa shape index (κ1) is 18.0. The van der Waals surface area contributed by atoms with Crippen LogP contribution in [0.25, 0.3) is 0 Å². The fourth-order valence-electron chi connectivity index (χ4n) is 1.34. The molecule has 1 aromatic carbocycles. The molecular formula is C10H8Cl2F3NO4S. The summed E-state index contributed by atoms with van der Waals surface area (Å²) in [6.07, 6.45) is -6.53. The summed E-state index contributed by atoms with van der Waals surface area (Å²) in [5.74, 6) is -1.81. The Hall–Kier alpha value is -1.03. The summed E-state index contributed by atoms with van der Waals surface area (Å²) in [4.78, 5) is 9.75. The van der Waals surface area contributed by atoms with Crippen molar-refractivity contribution < 1.29 is 31.5 Å². The molecule has 0 radical (unpaired) electrons. The highest BCUT2D eigenvalue weighted by Gasteiger charge is 2.43. The van der Waals surface area contributed by atoms with Gasteiger partial charge in [-0.05, 0) is 12.1 Å². The zero-order valence-electron chi connectivity index (χ0n) is 9.99. The number of sulfonamides is 1. The van der Waals surface area contributed by atoms with Gasteiger partial charge in [0.25, 0.3) is 0 Å². The second kappa shape index (κ2) is 6.39. The zero-order valence-corrected chi connectivity index (χ0v) is 12.3.